The Bertz CT molecular complexity index is 3200. The van der Waals surface area contributed by atoms with Crippen molar-refractivity contribution in [2.45, 2.75) is 0 Å². The first-order valence-corrected chi connectivity index (χ1v) is 20.5. The molecule has 0 saturated heterocycles. The molecule has 9 aromatic carbocycles. The predicted octanol–water partition coefficient (Wildman–Crippen LogP) is 14.1. The summed E-state index contributed by atoms with van der Waals surface area (Å²) < 4.78 is 5.32. The molecule has 0 unspecified atom stereocenters. The number of anilines is 3. The average Bonchev–Trinajstić information content (AvgIpc) is 3.79. The number of hydrogen-bond acceptors (Lipinski definition) is 1. The third-order valence-electron chi connectivity index (χ3n) is 11.0. The number of benzene rings is 9. The van der Waals surface area contributed by atoms with Gasteiger partial charge in [-0.15, -0.1) is 0 Å². The van der Waals surface area contributed by atoms with Crippen LogP contribution in [0.5, 0.6) is 0 Å². The first-order chi connectivity index (χ1) is 27.3. The van der Waals surface area contributed by atoms with Crippen molar-refractivity contribution in [1.29, 1.82) is 0 Å². The smallest absolute Gasteiger partial charge is 0.0602 e. The first-order valence-electron chi connectivity index (χ1n) is 18.8. The molecule has 11 rings (SSSR count). The van der Waals surface area contributed by atoms with Crippen LogP contribution in [0.15, 0.2) is 206 Å². The minimum absolute atomic E-state index is 0.362. The molecule has 2 nitrogen and oxygen atoms in total. The van der Waals surface area contributed by atoms with Gasteiger partial charge in [-0.05, 0) is 29.0 Å². The monoisotopic (exact) mass is 766 g/mol. The minimum Gasteiger partial charge on any atom is -0.0602 e. The molecule has 3 heteroatoms. The molecule has 0 spiro atoms. The van der Waals surface area contributed by atoms with E-state index in [1.807, 2.05) is 0 Å². The molecule has 0 saturated carbocycles. The summed E-state index contributed by atoms with van der Waals surface area (Å²) in [6.07, 6.45) is 0. The molecular formula is C52H34N2Se. The number of nitrogens with zero attached hydrogens (tertiary/aromatic N) is 2. The van der Waals surface area contributed by atoms with Crippen molar-refractivity contribution in [2.75, 3.05) is 4.90 Å². The number of aromatic nitrogens is 1. The summed E-state index contributed by atoms with van der Waals surface area (Å²) in [7, 11) is 0. The third-order valence-corrected chi connectivity index (χ3v) is 13.4. The van der Waals surface area contributed by atoms with Crippen LogP contribution in [0.1, 0.15) is 0 Å². The van der Waals surface area contributed by atoms with Gasteiger partial charge in [-0.1, -0.05) is 84.9 Å². The summed E-state index contributed by atoms with van der Waals surface area (Å²) in [5, 5.41) is 7.70. The van der Waals surface area contributed by atoms with Crippen LogP contribution >= 0.6 is 0 Å². The molecule has 0 atom stereocenters. The zero-order valence-electron chi connectivity index (χ0n) is 29.9. The van der Waals surface area contributed by atoms with Crippen LogP contribution in [0.25, 0.3) is 79.8 Å². The Balaban J connectivity index is 1.11. The van der Waals surface area contributed by atoms with Crippen molar-refractivity contribution in [1.82, 2.24) is 4.57 Å². The SMILES string of the molecule is c1ccc(-n2c3ccccc3c3cc(N(c4ccc(-c5ccc6[se]c7ccccc7c6c5)cc4)c4ccccc4-c4cccc5ccccc45)ccc32)cc1. The third kappa shape index (κ3) is 5.32. The maximum absolute atomic E-state index is 2.44. The second-order valence-corrected chi connectivity index (χ2v) is 16.4. The van der Waals surface area contributed by atoms with E-state index in [0.717, 1.165) is 22.7 Å². The average molecular weight is 766 g/mol. The topological polar surface area (TPSA) is 8.17 Å². The number of fused-ring (bicyclic) bond motifs is 7. The van der Waals surface area contributed by atoms with E-state index in [-0.39, 0.29) is 0 Å². The van der Waals surface area contributed by atoms with E-state index in [0.29, 0.717) is 14.5 Å². The number of hydrogen-bond donors (Lipinski definition) is 0. The van der Waals surface area contributed by atoms with Gasteiger partial charge in [0.15, 0.2) is 0 Å². The van der Waals surface area contributed by atoms with Crippen LogP contribution in [0.3, 0.4) is 0 Å². The van der Waals surface area contributed by atoms with E-state index >= 15 is 0 Å². The van der Waals surface area contributed by atoms with Crippen LogP contribution in [0.4, 0.5) is 17.1 Å². The summed E-state index contributed by atoms with van der Waals surface area (Å²) in [5.41, 5.74) is 11.8. The quantitative estimate of drug-likeness (QED) is 0.153. The van der Waals surface area contributed by atoms with Gasteiger partial charge in [0.2, 0.25) is 0 Å². The van der Waals surface area contributed by atoms with Crippen LogP contribution in [-0.4, -0.2) is 19.1 Å². The Hall–Kier alpha value is -6.64. The molecule has 0 aliphatic carbocycles. The summed E-state index contributed by atoms with van der Waals surface area (Å²) in [6.45, 7) is 0. The van der Waals surface area contributed by atoms with Crippen molar-refractivity contribution in [3.63, 3.8) is 0 Å². The van der Waals surface area contributed by atoms with E-state index in [2.05, 4.69) is 216 Å². The van der Waals surface area contributed by atoms with E-state index < -0.39 is 0 Å². The minimum atomic E-state index is 0.362. The Kier molecular flexibility index (Phi) is 7.55. The fraction of sp³-hybridized carbons (Fsp3) is 0. The van der Waals surface area contributed by atoms with Crippen molar-refractivity contribution in [3.05, 3.63) is 206 Å². The maximum atomic E-state index is 2.44. The normalized spacial score (nSPS) is 11.6. The Labute approximate surface area is 325 Å². The Morgan fingerprint density at radius 2 is 1.00 bits per heavy atom. The van der Waals surface area contributed by atoms with Gasteiger partial charge < -0.3 is 4.57 Å². The number of rotatable bonds is 6. The molecule has 2 aromatic heterocycles. The summed E-state index contributed by atoms with van der Waals surface area (Å²) in [6, 6.07) is 75.6. The van der Waals surface area contributed by atoms with Gasteiger partial charge in [-0.25, -0.2) is 0 Å². The molecule has 0 aliphatic heterocycles. The van der Waals surface area contributed by atoms with Gasteiger partial charge in [-0.3, -0.25) is 0 Å². The van der Waals surface area contributed by atoms with E-state index in [9.17, 15) is 0 Å². The molecule has 258 valence electrons. The molecule has 2 heterocycles. The summed E-state index contributed by atoms with van der Waals surface area (Å²) >= 11 is 0.362. The molecule has 0 amide bonds. The zero-order valence-corrected chi connectivity index (χ0v) is 31.6. The molecule has 0 bridgehead atoms. The van der Waals surface area contributed by atoms with Gasteiger partial charge in [0.05, 0.1) is 11.0 Å². The van der Waals surface area contributed by atoms with Crippen LogP contribution in [0.2, 0.25) is 0 Å². The Morgan fingerprint density at radius 1 is 0.364 bits per heavy atom. The molecule has 0 N–H and O–H groups in total. The molecule has 11 aromatic rings. The van der Waals surface area contributed by atoms with Gasteiger partial charge in [0, 0.05) is 11.1 Å². The molecule has 0 fully saturated rings. The molecule has 0 aliphatic rings. The fourth-order valence-electron chi connectivity index (χ4n) is 8.45. The molecule has 55 heavy (non-hydrogen) atoms. The van der Waals surface area contributed by atoms with Crippen molar-refractivity contribution >= 4 is 83.4 Å². The second kappa shape index (κ2) is 13.0. The van der Waals surface area contributed by atoms with Crippen molar-refractivity contribution in [2.24, 2.45) is 0 Å². The number of para-hydroxylation sites is 3. The molecule has 0 radical (unpaired) electrons. The first kappa shape index (κ1) is 31.8. The summed E-state index contributed by atoms with van der Waals surface area (Å²) in [5.74, 6) is 0. The van der Waals surface area contributed by atoms with Gasteiger partial charge >= 0.3 is 187 Å². The predicted molar refractivity (Wildman–Crippen MR) is 236 cm³/mol. The fourth-order valence-corrected chi connectivity index (χ4v) is 10.7. The Morgan fingerprint density at radius 3 is 1.89 bits per heavy atom. The standard InChI is InChI=1S/C52H34N2Se/c1-2-15-38(16-3-1)54-49-23-10-7-19-44(49)46-34-40(30-31-50(46)54)53(48-22-9-6-18-43(48)42-21-12-14-36-13-4-5-17-41(36)42)39-28-25-35(26-29-39)37-27-32-52-47(33-37)45-20-8-11-24-51(45)55-52/h1-34H. The summed E-state index contributed by atoms with van der Waals surface area (Å²) in [4.78, 5) is 2.44. The van der Waals surface area contributed by atoms with E-state index in [1.165, 1.54) is 74.1 Å². The van der Waals surface area contributed by atoms with Gasteiger partial charge in [0.25, 0.3) is 0 Å². The van der Waals surface area contributed by atoms with Crippen LogP contribution < -0.4 is 4.90 Å². The van der Waals surface area contributed by atoms with E-state index in [1.54, 1.807) is 0 Å². The van der Waals surface area contributed by atoms with Crippen LogP contribution in [-0.2, 0) is 0 Å². The van der Waals surface area contributed by atoms with Crippen molar-refractivity contribution < 1.29 is 0 Å². The van der Waals surface area contributed by atoms with Crippen LogP contribution in [0, 0.1) is 0 Å². The zero-order chi connectivity index (χ0) is 36.3. The van der Waals surface area contributed by atoms with Crippen molar-refractivity contribution in [3.8, 4) is 27.9 Å². The van der Waals surface area contributed by atoms with Gasteiger partial charge in [0.1, 0.15) is 0 Å². The second-order valence-electron chi connectivity index (χ2n) is 14.1. The molecular weight excluding hydrogens is 732 g/mol. The van der Waals surface area contributed by atoms with Gasteiger partial charge in [-0.2, -0.15) is 0 Å². The van der Waals surface area contributed by atoms with E-state index in [4.69, 9.17) is 0 Å².